The lowest BCUT2D eigenvalue weighted by molar-refractivity contribution is -0.159. The smallest absolute Gasteiger partial charge is 0.389 e. The van der Waals surface area contributed by atoms with Gasteiger partial charge in [-0.2, -0.15) is 8.78 Å². The third-order valence-corrected chi connectivity index (χ3v) is 1.83. The molecule has 0 aliphatic rings. The van der Waals surface area contributed by atoms with Gasteiger partial charge < -0.3 is 4.74 Å². The molecule has 0 bridgehead atoms. The standard InChI is InChI=1S/C7H10F2O2S/c1-3-5-12-7(8,9)6(10)11-4-2/h3H,1,4-5H2,2H3. The van der Waals surface area contributed by atoms with Crippen molar-refractivity contribution in [1.82, 2.24) is 0 Å². The number of alkyl halides is 2. The number of carbonyl (C=O) groups excluding carboxylic acids is 1. The van der Waals surface area contributed by atoms with E-state index in [1.54, 1.807) is 0 Å². The highest BCUT2D eigenvalue weighted by atomic mass is 32.2. The second-order valence-electron chi connectivity index (χ2n) is 1.84. The van der Waals surface area contributed by atoms with Gasteiger partial charge in [-0.15, -0.1) is 6.58 Å². The van der Waals surface area contributed by atoms with Crippen LogP contribution >= 0.6 is 11.8 Å². The zero-order valence-electron chi connectivity index (χ0n) is 6.68. The minimum absolute atomic E-state index is 0.0197. The molecule has 2 nitrogen and oxygen atoms in total. The number of thioether (sulfide) groups is 1. The Morgan fingerprint density at radius 1 is 1.75 bits per heavy atom. The summed E-state index contributed by atoms with van der Waals surface area (Å²) in [6, 6.07) is 0. The minimum atomic E-state index is -3.45. The first kappa shape index (κ1) is 11.4. The Morgan fingerprint density at radius 2 is 2.33 bits per heavy atom. The van der Waals surface area contributed by atoms with Crippen molar-refractivity contribution in [3.8, 4) is 0 Å². The fourth-order valence-corrected chi connectivity index (χ4v) is 0.942. The van der Waals surface area contributed by atoms with E-state index in [0.29, 0.717) is 0 Å². The second kappa shape index (κ2) is 5.13. The lowest BCUT2D eigenvalue weighted by Gasteiger charge is -2.12. The van der Waals surface area contributed by atoms with E-state index >= 15 is 0 Å². The molecule has 0 amide bonds. The number of hydrogen-bond acceptors (Lipinski definition) is 3. The van der Waals surface area contributed by atoms with Gasteiger partial charge in [-0.1, -0.05) is 17.8 Å². The van der Waals surface area contributed by atoms with Crippen LogP contribution in [0, 0.1) is 0 Å². The molecular weight excluding hydrogens is 186 g/mol. The molecule has 0 saturated heterocycles. The molecule has 0 aliphatic heterocycles. The van der Waals surface area contributed by atoms with Crippen LogP contribution in [0.5, 0.6) is 0 Å². The first-order chi connectivity index (χ1) is 5.54. The van der Waals surface area contributed by atoms with Crippen molar-refractivity contribution in [1.29, 1.82) is 0 Å². The number of hydrogen-bond donors (Lipinski definition) is 0. The molecule has 0 heterocycles. The second-order valence-corrected chi connectivity index (χ2v) is 2.97. The summed E-state index contributed by atoms with van der Waals surface area (Å²) in [5, 5.41) is -3.45. The van der Waals surface area contributed by atoms with E-state index in [1.165, 1.54) is 13.0 Å². The normalized spacial score (nSPS) is 10.9. The van der Waals surface area contributed by atoms with Gasteiger partial charge in [0.05, 0.1) is 6.61 Å². The Labute approximate surface area is 74.0 Å². The van der Waals surface area contributed by atoms with Crippen LogP contribution in [0.4, 0.5) is 8.78 Å². The van der Waals surface area contributed by atoms with Gasteiger partial charge in [0, 0.05) is 5.75 Å². The summed E-state index contributed by atoms with van der Waals surface area (Å²) in [5.41, 5.74) is 0. The zero-order valence-corrected chi connectivity index (χ0v) is 7.50. The number of halogens is 2. The van der Waals surface area contributed by atoms with Crippen molar-refractivity contribution < 1.29 is 18.3 Å². The summed E-state index contributed by atoms with van der Waals surface area (Å²) in [6.07, 6.45) is 1.30. The van der Waals surface area contributed by atoms with Crippen LogP contribution in [0.2, 0.25) is 0 Å². The van der Waals surface area contributed by atoms with Gasteiger partial charge in [0.1, 0.15) is 0 Å². The van der Waals surface area contributed by atoms with Gasteiger partial charge in [-0.05, 0) is 6.92 Å². The van der Waals surface area contributed by atoms with Crippen LogP contribution in [0.15, 0.2) is 12.7 Å². The quantitative estimate of drug-likeness (QED) is 0.497. The third kappa shape index (κ3) is 3.71. The van der Waals surface area contributed by atoms with Gasteiger partial charge in [0.2, 0.25) is 0 Å². The molecule has 0 N–H and O–H groups in total. The van der Waals surface area contributed by atoms with E-state index in [-0.39, 0.29) is 24.1 Å². The van der Waals surface area contributed by atoms with Crippen LogP contribution in [0.25, 0.3) is 0 Å². The molecule has 12 heavy (non-hydrogen) atoms. The maximum Gasteiger partial charge on any atom is 0.389 e. The lowest BCUT2D eigenvalue weighted by Crippen LogP contribution is -2.27. The number of carbonyl (C=O) groups is 1. The van der Waals surface area contributed by atoms with Gasteiger partial charge in [0.25, 0.3) is 0 Å². The van der Waals surface area contributed by atoms with Crippen LogP contribution in [0.1, 0.15) is 6.92 Å². The summed E-state index contributed by atoms with van der Waals surface area (Å²) in [5.74, 6) is -1.47. The highest BCUT2D eigenvalue weighted by molar-refractivity contribution is 8.01. The average Bonchev–Trinajstić information content (AvgIpc) is 2.01. The Balaban J connectivity index is 3.98. The summed E-state index contributed by atoms with van der Waals surface area (Å²) in [6.45, 7) is 4.70. The predicted octanol–water partition coefficient (Wildman–Crippen LogP) is 2.06. The van der Waals surface area contributed by atoms with E-state index in [1.807, 2.05) is 0 Å². The van der Waals surface area contributed by atoms with E-state index < -0.39 is 11.2 Å². The Morgan fingerprint density at radius 3 is 2.75 bits per heavy atom. The molecule has 0 unspecified atom stereocenters. The monoisotopic (exact) mass is 196 g/mol. The van der Waals surface area contributed by atoms with Gasteiger partial charge >= 0.3 is 11.2 Å². The molecule has 0 radical (unpaired) electrons. The third-order valence-electron chi connectivity index (χ3n) is 0.896. The maximum atomic E-state index is 12.6. The fourth-order valence-electron chi connectivity index (χ4n) is 0.438. The predicted molar refractivity (Wildman–Crippen MR) is 44.2 cm³/mol. The zero-order chi connectivity index (χ0) is 9.61. The Hall–Kier alpha value is -0.580. The molecule has 0 atom stereocenters. The minimum Gasteiger partial charge on any atom is -0.461 e. The largest absolute Gasteiger partial charge is 0.461 e. The summed E-state index contributed by atoms with van der Waals surface area (Å²) < 4.78 is 29.4. The molecule has 0 aliphatic carbocycles. The van der Waals surface area contributed by atoms with E-state index in [0.717, 1.165) is 0 Å². The first-order valence-corrected chi connectivity index (χ1v) is 4.33. The fraction of sp³-hybridized carbons (Fsp3) is 0.571. The van der Waals surface area contributed by atoms with Gasteiger partial charge in [-0.25, -0.2) is 4.79 Å². The van der Waals surface area contributed by atoms with Gasteiger partial charge in [0.15, 0.2) is 0 Å². The number of esters is 1. The molecule has 5 heteroatoms. The molecule has 0 aromatic carbocycles. The van der Waals surface area contributed by atoms with Crippen molar-refractivity contribution in [2.24, 2.45) is 0 Å². The van der Waals surface area contributed by atoms with Crippen molar-refractivity contribution >= 4 is 17.7 Å². The van der Waals surface area contributed by atoms with Crippen LogP contribution < -0.4 is 0 Å². The topological polar surface area (TPSA) is 26.3 Å². The van der Waals surface area contributed by atoms with E-state index in [2.05, 4.69) is 11.3 Å². The maximum absolute atomic E-state index is 12.6. The molecule has 0 spiro atoms. The highest BCUT2D eigenvalue weighted by Gasteiger charge is 2.40. The van der Waals surface area contributed by atoms with Crippen LogP contribution in [0.3, 0.4) is 0 Å². The van der Waals surface area contributed by atoms with Crippen molar-refractivity contribution in [3.63, 3.8) is 0 Å². The molecular formula is C7H10F2O2S. The van der Waals surface area contributed by atoms with Crippen molar-refractivity contribution in [2.75, 3.05) is 12.4 Å². The van der Waals surface area contributed by atoms with Crippen LogP contribution in [-0.2, 0) is 9.53 Å². The van der Waals surface area contributed by atoms with Crippen molar-refractivity contribution in [2.45, 2.75) is 12.2 Å². The summed E-state index contributed by atoms with van der Waals surface area (Å²) >= 11 is 0.201. The highest BCUT2D eigenvalue weighted by Crippen LogP contribution is 2.30. The first-order valence-electron chi connectivity index (χ1n) is 3.34. The molecule has 0 fully saturated rings. The SMILES string of the molecule is C=CCSC(F)(F)C(=O)OCC. The van der Waals surface area contributed by atoms with Gasteiger partial charge in [-0.3, -0.25) is 0 Å². The number of ether oxygens (including phenoxy) is 1. The number of rotatable bonds is 5. The van der Waals surface area contributed by atoms with Crippen molar-refractivity contribution in [3.05, 3.63) is 12.7 Å². The lowest BCUT2D eigenvalue weighted by atomic mass is 10.7. The average molecular weight is 196 g/mol. The summed E-state index contributed by atoms with van der Waals surface area (Å²) in [4.78, 5) is 10.5. The molecule has 0 saturated carbocycles. The molecule has 70 valence electrons. The Kier molecular flexibility index (Phi) is 4.89. The van der Waals surface area contributed by atoms with E-state index in [9.17, 15) is 13.6 Å². The molecule has 0 aromatic rings. The molecule has 0 aromatic heterocycles. The Bertz CT molecular complexity index is 171. The summed E-state index contributed by atoms with van der Waals surface area (Å²) in [7, 11) is 0. The molecule has 0 rings (SSSR count). The van der Waals surface area contributed by atoms with E-state index in [4.69, 9.17) is 0 Å². The van der Waals surface area contributed by atoms with Crippen LogP contribution in [-0.4, -0.2) is 23.6 Å².